The molecular formula is C17H22N2O2. The van der Waals surface area contributed by atoms with E-state index in [1.54, 1.807) is 6.07 Å². The van der Waals surface area contributed by atoms with E-state index >= 15 is 0 Å². The number of benzene rings is 1. The maximum atomic E-state index is 11.8. The lowest BCUT2D eigenvalue weighted by molar-refractivity contribution is 0.0916. The summed E-state index contributed by atoms with van der Waals surface area (Å²) in [6.07, 6.45) is 2.78. The molecule has 1 N–H and O–H groups in total. The highest BCUT2D eigenvalue weighted by molar-refractivity contribution is 5.91. The summed E-state index contributed by atoms with van der Waals surface area (Å²) in [4.78, 5) is 11.8. The summed E-state index contributed by atoms with van der Waals surface area (Å²) in [6.45, 7) is 4.90. The van der Waals surface area contributed by atoms with Crippen LogP contribution in [0.1, 0.15) is 54.4 Å². The number of carbonyl (C=O) groups is 1. The summed E-state index contributed by atoms with van der Waals surface area (Å²) in [5.41, 5.74) is 2.07. The van der Waals surface area contributed by atoms with Gasteiger partial charge < -0.3 is 9.84 Å². The van der Waals surface area contributed by atoms with Gasteiger partial charge in [-0.2, -0.15) is 0 Å². The SMILES string of the molecule is CCCCNC(=O)c1cc(CC(C)c2ccccc2)no1. The fourth-order valence-electron chi connectivity index (χ4n) is 2.19. The van der Waals surface area contributed by atoms with Gasteiger partial charge in [-0.15, -0.1) is 0 Å². The quantitative estimate of drug-likeness (QED) is 0.792. The molecule has 0 aliphatic heterocycles. The van der Waals surface area contributed by atoms with Gasteiger partial charge in [-0.05, 0) is 24.3 Å². The van der Waals surface area contributed by atoms with E-state index in [2.05, 4.69) is 36.5 Å². The fraction of sp³-hybridized carbons (Fsp3) is 0.412. The van der Waals surface area contributed by atoms with Gasteiger partial charge in [-0.3, -0.25) is 4.79 Å². The average Bonchev–Trinajstić information content (AvgIpc) is 2.97. The van der Waals surface area contributed by atoms with Crippen LogP contribution in [0.2, 0.25) is 0 Å². The molecule has 4 nitrogen and oxygen atoms in total. The topological polar surface area (TPSA) is 55.1 Å². The summed E-state index contributed by atoms with van der Waals surface area (Å²) in [5, 5.41) is 6.82. The molecule has 1 heterocycles. The molecule has 21 heavy (non-hydrogen) atoms. The van der Waals surface area contributed by atoms with Crippen molar-refractivity contribution >= 4 is 5.91 Å². The van der Waals surface area contributed by atoms with Gasteiger partial charge in [-0.25, -0.2) is 0 Å². The minimum atomic E-state index is -0.186. The van der Waals surface area contributed by atoms with E-state index in [0.717, 1.165) is 25.0 Å². The van der Waals surface area contributed by atoms with E-state index in [9.17, 15) is 4.79 Å². The second-order valence-corrected chi connectivity index (χ2v) is 5.31. The highest BCUT2D eigenvalue weighted by Gasteiger charge is 2.14. The van der Waals surface area contributed by atoms with E-state index < -0.39 is 0 Å². The number of nitrogens with zero attached hydrogens (tertiary/aromatic N) is 1. The Labute approximate surface area is 125 Å². The summed E-state index contributed by atoms with van der Waals surface area (Å²) >= 11 is 0. The van der Waals surface area contributed by atoms with Crippen LogP contribution in [0.5, 0.6) is 0 Å². The first-order valence-electron chi connectivity index (χ1n) is 7.49. The van der Waals surface area contributed by atoms with Gasteiger partial charge in [0.1, 0.15) is 0 Å². The number of carbonyl (C=O) groups excluding carboxylic acids is 1. The molecule has 0 aliphatic rings. The molecule has 0 saturated heterocycles. The van der Waals surface area contributed by atoms with Crippen molar-refractivity contribution in [1.82, 2.24) is 10.5 Å². The number of hydrogen-bond acceptors (Lipinski definition) is 3. The molecule has 1 amide bonds. The molecule has 0 aliphatic carbocycles. The van der Waals surface area contributed by atoms with E-state index in [0.29, 0.717) is 18.2 Å². The first kappa shape index (κ1) is 15.3. The number of aromatic nitrogens is 1. The molecule has 0 fully saturated rings. The van der Waals surface area contributed by atoms with E-state index in [-0.39, 0.29) is 5.91 Å². The Morgan fingerprint density at radius 2 is 2.10 bits per heavy atom. The van der Waals surface area contributed by atoms with E-state index in [4.69, 9.17) is 4.52 Å². The molecular weight excluding hydrogens is 264 g/mol. The maximum absolute atomic E-state index is 11.8. The third-order valence-corrected chi connectivity index (χ3v) is 3.48. The minimum Gasteiger partial charge on any atom is -0.351 e. The Hall–Kier alpha value is -2.10. The van der Waals surface area contributed by atoms with Crippen LogP contribution in [0.25, 0.3) is 0 Å². The third kappa shape index (κ3) is 4.45. The van der Waals surface area contributed by atoms with Crippen molar-refractivity contribution in [1.29, 1.82) is 0 Å². The van der Waals surface area contributed by atoms with Crippen LogP contribution in [0.3, 0.4) is 0 Å². The Morgan fingerprint density at radius 1 is 1.33 bits per heavy atom. The molecule has 0 saturated carbocycles. The van der Waals surface area contributed by atoms with Crippen molar-refractivity contribution < 1.29 is 9.32 Å². The molecule has 0 bridgehead atoms. The zero-order chi connectivity index (χ0) is 15.1. The lowest BCUT2D eigenvalue weighted by atomic mass is 9.96. The minimum absolute atomic E-state index is 0.186. The first-order chi connectivity index (χ1) is 10.2. The zero-order valence-corrected chi connectivity index (χ0v) is 12.6. The largest absolute Gasteiger partial charge is 0.351 e. The van der Waals surface area contributed by atoms with Crippen LogP contribution in [0, 0.1) is 0 Å². The fourth-order valence-corrected chi connectivity index (χ4v) is 2.19. The molecule has 0 radical (unpaired) electrons. The lowest BCUT2D eigenvalue weighted by Crippen LogP contribution is -2.23. The van der Waals surface area contributed by atoms with Gasteiger partial charge in [0, 0.05) is 12.6 Å². The van der Waals surface area contributed by atoms with E-state index in [1.165, 1.54) is 5.56 Å². The van der Waals surface area contributed by atoms with Crippen LogP contribution in [0.4, 0.5) is 0 Å². The Balaban J connectivity index is 1.92. The summed E-state index contributed by atoms with van der Waals surface area (Å²) in [7, 11) is 0. The Morgan fingerprint density at radius 3 is 2.81 bits per heavy atom. The highest BCUT2D eigenvalue weighted by Crippen LogP contribution is 2.19. The summed E-state index contributed by atoms with van der Waals surface area (Å²) in [6, 6.07) is 12.0. The van der Waals surface area contributed by atoms with Gasteiger partial charge >= 0.3 is 0 Å². The lowest BCUT2D eigenvalue weighted by Gasteiger charge is -2.08. The van der Waals surface area contributed by atoms with Crippen LogP contribution >= 0.6 is 0 Å². The maximum Gasteiger partial charge on any atom is 0.289 e. The monoisotopic (exact) mass is 286 g/mol. The van der Waals surface area contributed by atoms with Crippen molar-refractivity contribution in [2.75, 3.05) is 6.54 Å². The van der Waals surface area contributed by atoms with Crippen LogP contribution in [-0.4, -0.2) is 17.6 Å². The van der Waals surface area contributed by atoms with Crippen LogP contribution in [0.15, 0.2) is 40.9 Å². The zero-order valence-electron chi connectivity index (χ0n) is 12.6. The van der Waals surface area contributed by atoms with Crippen molar-refractivity contribution in [2.45, 2.75) is 39.0 Å². The predicted molar refractivity (Wildman–Crippen MR) is 82.3 cm³/mol. The summed E-state index contributed by atoms with van der Waals surface area (Å²) in [5.74, 6) is 0.447. The number of amides is 1. The van der Waals surface area contributed by atoms with Gasteiger partial charge in [0.2, 0.25) is 5.76 Å². The number of unbranched alkanes of at least 4 members (excludes halogenated alkanes) is 1. The van der Waals surface area contributed by atoms with Crippen LogP contribution in [-0.2, 0) is 6.42 Å². The van der Waals surface area contributed by atoms with Gasteiger partial charge in [0.25, 0.3) is 5.91 Å². The molecule has 112 valence electrons. The van der Waals surface area contributed by atoms with Gasteiger partial charge in [-0.1, -0.05) is 55.8 Å². The van der Waals surface area contributed by atoms with Crippen molar-refractivity contribution in [3.05, 3.63) is 53.4 Å². The number of nitrogens with one attached hydrogen (secondary N) is 1. The molecule has 4 heteroatoms. The second-order valence-electron chi connectivity index (χ2n) is 5.31. The smallest absolute Gasteiger partial charge is 0.289 e. The third-order valence-electron chi connectivity index (χ3n) is 3.48. The van der Waals surface area contributed by atoms with Crippen LogP contribution < -0.4 is 5.32 Å². The average molecular weight is 286 g/mol. The first-order valence-corrected chi connectivity index (χ1v) is 7.49. The summed E-state index contributed by atoms with van der Waals surface area (Å²) < 4.78 is 5.13. The molecule has 1 aromatic carbocycles. The molecule has 2 rings (SSSR count). The molecule has 1 unspecified atom stereocenters. The van der Waals surface area contributed by atoms with Crippen molar-refractivity contribution in [3.8, 4) is 0 Å². The predicted octanol–water partition coefficient (Wildman–Crippen LogP) is 3.55. The number of rotatable bonds is 7. The molecule has 0 spiro atoms. The van der Waals surface area contributed by atoms with E-state index in [1.807, 2.05) is 18.2 Å². The molecule has 1 atom stereocenters. The Kier molecular flexibility index (Phi) is 5.55. The number of hydrogen-bond donors (Lipinski definition) is 1. The molecule has 2 aromatic rings. The van der Waals surface area contributed by atoms with Crippen molar-refractivity contribution in [2.24, 2.45) is 0 Å². The molecule has 1 aromatic heterocycles. The standard InChI is InChI=1S/C17H22N2O2/c1-3-4-10-18-17(20)16-12-15(19-21-16)11-13(2)14-8-6-5-7-9-14/h5-9,12-13H,3-4,10-11H2,1-2H3,(H,18,20). The van der Waals surface area contributed by atoms with Gasteiger partial charge in [0.15, 0.2) is 0 Å². The van der Waals surface area contributed by atoms with Gasteiger partial charge in [0.05, 0.1) is 5.69 Å². The normalized spacial score (nSPS) is 12.1. The highest BCUT2D eigenvalue weighted by atomic mass is 16.5. The second kappa shape index (κ2) is 7.62. The Bertz CT molecular complexity index is 563. The van der Waals surface area contributed by atoms with Crippen molar-refractivity contribution in [3.63, 3.8) is 0 Å².